The molecule has 0 amide bonds. The summed E-state index contributed by atoms with van der Waals surface area (Å²) < 4.78 is 3.08. The van der Waals surface area contributed by atoms with Crippen molar-refractivity contribution in [2.75, 3.05) is 0 Å². The molecule has 112 valence electrons. The van der Waals surface area contributed by atoms with Gasteiger partial charge in [-0.2, -0.15) is 13.9 Å². The van der Waals surface area contributed by atoms with Crippen LogP contribution in [0.1, 0.15) is 17.0 Å². The number of phenols is 2. The Bertz CT molecular complexity index is 751. The predicted octanol–water partition coefficient (Wildman–Crippen LogP) is -1.90. The first-order valence-electron chi connectivity index (χ1n) is 6.17. The van der Waals surface area contributed by atoms with Gasteiger partial charge in [0.25, 0.3) is 0 Å². The third-order valence-corrected chi connectivity index (χ3v) is 3.29. The van der Waals surface area contributed by atoms with Gasteiger partial charge in [-0.25, -0.2) is 0 Å². The van der Waals surface area contributed by atoms with Gasteiger partial charge in [0.2, 0.25) is 0 Å². The number of rotatable bonds is 2. The molecular formula is C15H17ClN2O3. The van der Waals surface area contributed by atoms with Gasteiger partial charge in [-0.15, -0.1) is 0 Å². The summed E-state index contributed by atoms with van der Waals surface area (Å²) in [6, 6.07) is 6.16. The van der Waals surface area contributed by atoms with Gasteiger partial charge in [0.15, 0.2) is 0 Å². The van der Waals surface area contributed by atoms with Gasteiger partial charge in [0.1, 0.15) is 22.9 Å². The van der Waals surface area contributed by atoms with Crippen LogP contribution in [0.5, 0.6) is 11.5 Å². The Morgan fingerprint density at radius 1 is 1.19 bits per heavy atom. The largest absolute Gasteiger partial charge is 1.00 e. The number of hydrogen-bond acceptors (Lipinski definition) is 3. The smallest absolute Gasteiger partial charge is 0.498 e. The molecule has 0 atom stereocenters. The lowest BCUT2D eigenvalue weighted by Crippen LogP contribution is -3.00. The van der Waals surface area contributed by atoms with E-state index in [9.17, 15) is 15.0 Å². The summed E-state index contributed by atoms with van der Waals surface area (Å²) in [5.74, 6) is 0.147. The number of benzene rings is 1. The molecule has 0 radical (unpaired) electrons. The zero-order valence-electron chi connectivity index (χ0n) is 12.0. The molecule has 0 fully saturated rings. The minimum absolute atomic E-state index is 0. The van der Waals surface area contributed by atoms with E-state index in [1.165, 1.54) is 22.8 Å². The normalized spacial score (nSPS) is 10.6. The Balaban J connectivity index is 0.00000220. The highest BCUT2D eigenvalue weighted by Crippen LogP contribution is 2.23. The van der Waals surface area contributed by atoms with E-state index in [4.69, 9.17) is 0 Å². The first-order chi connectivity index (χ1) is 9.40. The van der Waals surface area contributed by atoms with Crippen molar-refractivity contribution in [3.05, 3.63) is 51.7 Å². The monoisotopic (exact) mass is 308 g/mol. The van der Waals surface area contributed by atoms with E-state index >= 15 is 0 Å². The van der Waals surface area contributed by atoms with Gasteiger partial charge in [-0.05, 0) is 37.3 Å². The minimum Gasteiger partial charge on any atom is -1.00 e. The Morgan fingerprint density at radius 2 is 1.86 bits per heavy atom. The summed E-state index contributed by atoms with van der Waals surface area (Å²) in [5, 5.41) is 19.1. The van der Waals surface area contributed by atoms with Crippen LogP contribution in [-0.4, -0.2) is 14.8 Å². The highest BCUT2D eigenvalue weighted by Gasteiger charge is 2.11. The second-order valence-electron chi connectivity index (χ2n) is 4.69. The van der Waals surface area contributed by atoms with Crippen LogP contribution in [0.25, 0.3) is 12.2 Å². The summed E-state index contributed by atoms with van der Waals surface area (Å²) in [4.78, 5) is 11.9. The molecule has 5 nitrogen and oxygen atoms in total. The zero-order chi connectivity index (χ0) is 14.9. The lowest BCUT2D eigenvalue weighted by molar-refractivity contribution is -0.696. The third kappa shape index (κ3) is 3.44. The van der Waals surface area contributed by atoms with Crippen LogP contribution in [0, 0.1) is 6.92 Å². The van der Waals surface area contributed by atoms with E-state index in [0.717, 1.165) is 5.69 Å². The van der Waals surface area contributed by atoms with E-state index in [-0.39, 0.29) is 29.6 Å². The fraction of sp³-hybridized carbons (Fsp3) is 0.200. The van der Waals surface area contributed by atoms with Crippen molar-refractivity contribution in [2.24, 2.45) is 14.1 Å². The van der Waals surface area contributed by atoms with Gasteiger partial charge in [-0.3, -0.25) is 0 Å². The molecule has 0 aliphatic heterocycles. The number of hydrogen-bond donors (Lipinski definition) is 2. The highest BCUT2D eigenvalue weighted by atomic mass is 35.5. The second-order valence-corrected chi connectivity index (χ2v) is 4.69. The molecule has 1 aromatic heterocycles. The molecule has 1 aromatic carbocycles. The molecule has 0 bridgehead atoms. The van der Waals surface area contributed by atoms with Crippen molar-refractivity contribution in [1.29, 1.82) is 0 Å². The topological polar surface area (TPSA) is 66.3 Å². The summed E-state index contributed by atoms with van der Waals surface area (Å²) >= 11 is 0. The number of aromatic hydroxyl groups is 2. The maximum Gasteiger partial charge on any atom is 0.498 e. The van der Waals surface area contributed by atoms with Crippen LogP contribution in [0.4, 0.5) is 0 Å². The molecule has 0 saturated heterocycles. The molecule has 0 saturated carbocycles. The summed E-state index contributed by atoms with van der Waals surface area (Å²) in [5.41, 5.74) is 1.93. The number of aryl methyl sites for hydroxylation is 1. The van der Waals surface area contributed by atoms with Crippen LogP contribution < -0.4 is 22.7 Å². The van der Waals surface area contributed by atoms with Gasteiger partial charge < -0.3 is 22.6 Å². The molecule has 1 heterocycles. The van der Waals surface area contributed by atoms with Gasteiger partial charge in [-0.1, -0.05) is 0 Å². The van der Waals surface area contributed by atoms with Crippen LogP contribution in [0.15, 0.2) is 29.1 Å². The van der Waals surface area contributed by atoms with Crippen LogP contribution in [0.2, 0.25) is 0 Å². The molecule has 0 aliphatic carbocycles. The number of aromatic nitrogens is 2. The predicted molar refractivity (Wildman–Crippen MR) is 76.3 cm³/mol. The summed E-state index contributed by atoms with van der Waals surface area (Å²) in [7, 11) is 3.40. The fourth-order valence-corrected chi connectivity index (χ4v) is 1.90. The van der Waals surface area contributed by atoms with Crippen LogP contribution in [-0.2, 0) is 14.1 Å². The number of nitrogens with zero attached hydrogens (tertiary/aromatic N) is 2. The molecule has 6 heteroatoms. The number of phenolic OH excluding ortho intramolecular Hbond substituents is 2. The van der Waals surface area contributed by atoms with Crippen LogP contribution in [0.3, 0.4) is 0 Å². The van der Waals surface area contributed by atoms with Crippen LogP contribution >= 0.6 is 0 Å². The maximum absolute atomic E-state index is 11.9. The minimum atomic E-state index is -0.121. The van der Waals surface area contributed by atoms with Crippen molar-refractivity contribution in [1.82, 2.24) is 4.57 Å². The first kappa shape index (κ1) is 16.8. The average molecular weight is 309 g/mol. The van der Waals surface area contributed by atoms with Crippen molar-refractivity contribution in [2.45, 2.75) is 6.92 Å². The quantitative estimate of drug-likeness (QED) is 0.503. The Hall–Kier alpha value is -2.27. The lowest BCUT2D eigenvalue weighted by Gasteiger charge is -2.02. The van der Waals surface area contributed by atoms with E-state index in [1.54, 1.807) is 30.8 Å². The fourth-order valence-electron chi connectivity index (χ4n) is 1.90. The van der Waals surface area contributed by atoms with E-state index in [0.29, 0.717) is 11.3 Å². The zero-order valence-corrected chi connectivity index (χ0v) is 12.8. The Kier molecular flexibility index (Phi) is 5.16. The molecule has 21 heavy (non-hydrogen) atoms. The van der Waals surface area contributed by atoms with E-state index < -0.39 is 0 Å². The lowest BCUT2D eigenvalue weighted by atomic mass is 10.1. The Labute approximate surface area is 128 Å². The Morgan fingerprint density at radius 3 is 2.52 bits per heavy atom. The first-order valence-corrected chi connectivity index (χ1v) is 6.17. The van der Waals surface area contributed by atoms with E-state index in [1.807, 2.05) is 13.0 Å². The van der Waals surface area contributed by atoms with E-state index in [2.05, 4.69) is 0 Å². The highest BCUT2D eigenvalue weighted by molar-refractivity contribution is 5.72. The molecule has 0 spiro atoms. The van der Waals surface area contributed by atoms with Crippen molar-refractivity contribution < 1.29 is 27.2 Å². The second kappa shape index (κ2) is 6.45. The van der Waals surface area contributed by atoms with Crippen molar-refractivity contribution in [3.63, 3.8) is 0 Å². The summed E-state index contributed by atoms with van der Waals surface area (Å²) in [6.45, 7) is 1.85. The van der Waals surface area contributed by atoms with Gasteiger partial charge >= 0.3 is 5.69 Å². The SMILES string of the molecule is Cc1cc(/C=C/c2cc(O)ccc2O)n(C)c(=O)[n+]1C.[Cl-]. The molecule has 2 N–H and O–H groups in total. The molecule has 0 unspecified atom stereocenters. The maximum atomic E-state index is 11.9. The van der Waals surface area contributed by atoms with Gasteiger partial charge in [0.05, 0.1) is 14.1 Å². The standard InChI is InChI=1S/C15H16N2O3.ClH/c1-10-8-12(17(3)15(20)16(10)2)5-4-11-9-13(18)6-7-14(11)19;/h4-9,18H,1-3H3;1H. The molecular weight excluding hydrogens is 292 g/mol. The number of halogens is 1. The third-order valence-electron chi connectivity index (χ3n) is 3.29. The molecule has 2 aromatic rings. The molecule has 0 aliphatic rings. The summed E-state index contributed by atoms with van der Waals surface area (Å²) in [6.07, 6.45) is 3.38. The molecule has 2 rings (SSSR count). The van der Waals surface area contributed by atoms with Gasteiger partial charge in [0, 0.05) is 11.6 Å². The average Bonchev–Trinajstić information content (AvgIpc) is 2.42. The van der Waals surface area contributed by atoms with Crippen molar-refractivity contribution >= 4 is 12.2 Å². The van der Waals surface area contributed by atoms with Crippen molar-refractivity contribution in [3.8, 4) is 11.5 Å².